The summed E-state index contributed by atoms with van der Waals surface area (Å²) in [6, 6.07) is 36.3. The second-order valence-corrected chi connectivity index (χ2v) is 22.3. The van der Waals surface area contributed by atoms with Gasteiger partial charge in [0.05, 0.1) is 0 Å². The molecule has 0 heterocycles. The van der Waals surface area contributed by atoms with Crippen molar-refractivity contribution >= 4 is 0 Å². The highest BCUT2D eigenvalue weighted by Gasteiger charge is 2.22. The Labute approximate surface area is 387 Å². The molecule has 0 spiro atoms. The molecule has 4 aromatic rings. The topological polar surface area (TPSA) is 0 Å². The first-order valence-electron chi connectivity index (χ1n) is 25.4. The van der Waals surface area contributed by atoms with Crippen molar-refractivity contribution in [3.8, 4) is 0 Å². The Morgan fingerprint density at radius 3 is 1.24 bits per heavy atom. The van der Waals surface area contributed by atoms with Crippen LogP contribution in [-0.4, -0.2) is 0 Å². The van der Waals surface area contributed by atoms with Crippen LogP contribution < -0.4 is 0 Å². The summed E-state index contributed by atoms with van der Waals surface area (Å²) in [7, 11) is 0. The second kappa shape index (κ2) is 30.1. The van der Waals surface area contributed by atoms with Gasteiger partial charge in [-0.15, -0.1) is 0 Å². The van der Waals surface area contributed by atoms with Gasteiger partial charge in [-0.05, 0) is 135 Å². The van der Waals surface area contributed by atoms with E-state index >= 15 is 0 Å². The summed E-state index contributed by atoms with van der Waals surface area (Å²) in [4.78, 5) is 0. The number of rotatable bonds is 19. The molecule has 4 aromatic carbocycles. The largest absolute Gasteiger partial charge is 0.0628 e. The Hall–Kier alpha value is -3.12. The van der Waals surface area contributed by atoms with Crippen LogP contribution in [-0.2, 0) is 25.7 Å². The first kappa shape index (κ1) is 56.9. The van der Waals surface area contributed by atoms with Crippen LogP contribution in [0.4, 0.5) is 0 Å². The van der Waals surface area contributed by atoms with Crippen molar-refractivity contribution in [2.75, 3.05) is 0 Å². The van der Waals surface area contributed by atoms with Crippen molar-refractivity contribution in [2.24, 2.45) is 35.0 Å². The molecule has 1 unspecified atom stereocenters. The molecule has 62 heavy (non-hydrogen) atoms. The van der Waals surface area contributed by atoms with E-state index in [-0.39, 0.29) is 0 Å². The molecule has 1 atom stereocenters. The highest BCUT2D eigenvalue weighted by Crippen LogP contribution is 2.31. The molecule has 4 rings (SSSR count). The van der Waals surface area contributed by atoms with Crippen LogP contribution in [0.5, 0.6) is 0 Å². The van der Waals surface area contributed by atoms with Crippen molar-refractivity contribution in [1.29, 1.82) is 0 Å². The Bertz CT molecular complexity index is 1690. The first-order chi connectivity index (χ1) is 29.0. The molecular weight excluding hydrogens is 745 g/mol. The van der Waals surface area contributed by atoms with Crippen LogP contribution in [0.2, 0.25) is 0 Å². The molecule has 348 valence electrons. The SMILES string of the molecule is CC(C)CCCCCCc1ccc(C(C)C)cc1.CC(C)Cc1ccc(C(C)C)cc1.CC(C)c1cccc(CC(C)(C)C(C)C)c1.CC(C)c1cccc(CC(C)C(C)C)c1. The van der Waals surface area contributed by atoms with E-state index in [1.807, 2.05) is 0 Å². The van der Waals surface area contributed by atoms with Crippen LogP contribution in [0.1, 0.15) is 232 Å². The average molecular weight is 845 g/mol. The molecule has 0 N–H and O–H groups in total. The van der Waals surface area contributed by atoms with Crippen molar-refractivity contribution < 1.29 is 0 Å². The van der Waals surface area contributed by atoms with E-state index in [0.717, 1.165) is 29.6 Å². The van der Waals surface area contributed by atoms with Crippen LogP contribution >= 0.6 is 0 Å². The van der Waals surface area contributed by atoms with Gasteiger partial charge in [0.1, 0.15) is 0 Å². The van der Waals surface area contributed by atoms with E-state index in [0.29, 0.717) is 29.1 Å². The smallest absolute Gasteiger partial charge is 0.0219 e. The van der Waals surface area contributed by atoms with Gasteiger partial charge in [-0.1, -0.05) is 254 Å². The average Bonchev–Trinajstić information content (AvgIpc) is 3.20. The van der Waals surface area contributed by atoms with Crippen molar-refractivity contribution in [3.05, 3.63) is 142 Å². The molecule has 0 aliphatic heterocycles. The van der Waals surface area contributed by atoms with Crippen LogP contribution in [0.3, 0.4) is 0 Å². The number of hydrogen-bond acceptors (Lipinski definition) is 0. The second-order valence-electron chi connectivity index (χ2n) is 22.3. The third kappa shape index (κ3) is 24.7. The Balaban J connectivity index is 0.000000416. The Morgan fingerprint density at radius 1 is 0.387 bits per heavy atom. The maximum atomic E-state index is 2.37. The maximum absolute atomic E-state index is 2.37. The third-order valence-electron chi connectivity index (χ3n) is 13.1. The lowest BCUT2D eigenvalue weighted by atomic mass is 9.76. The molecule has 0 fully saturated rings. The summed E-state index contributed by atoms with van der Waals surface area (Å²) in [6.45, 7) is 43.4. The molecule has 0 aliphatic carbocycles. The summed E-state index contributed by atoms with van der Waals surface area (Å²) >= 11 is 0. The number of hydrogen-bond donors (Lipinski definition) is 0. The molecule has 0 amide bonds. The van der Waals surface area contributed by atoms with Gasteiger partial charge in [-0.3, -0.25) is 0 Å². The summed E-state index contributed by atoms with van der Waals surface area (Å²) in [5.74, 6) is 6.44. The lowest BCUT2D eigenvalue weighted by Gasteiger charge is -2.29. The van der Waals surface area contributed by atoms with E-state index in [2.05, 4.69) is 229 Å². The lowest BCUT2D eigenvalue weighted by molar-refractivity contribution is 0.248. The van der Waals surface area contributed by atoms with Gasteiger partial charge in [-0.2, -0.15) is 0 Å². The molecular formula is C62H100. The zero-order valence-electron chi connectivity index (χ0n) is 44.3. The van der Waals surface area contributed by atoms with Crippen LogP contribution in [0.15, 0.2) is 97.1 Å². The standard InChI is InChI=1S/C18H30.C16H26.C15H24.C13H20/c1-15(2)9-7-5-6-8-10-17-11-13-18(14-12-17)16(3)4;1-12(2)15-9-7-8-14(10-15)11-16(5,6)13(3)4;1-11(2)13(5)9-14-7-6-8-15(10-14)12(3)4;1-10(2)9-12-5-7-13(8-6-12)11(3)4/h11-16H,5-10H2,1-4H3;7-10,12-13H,11H2,1-6H3;6-8,10-13H,9H2,1-5H3;5-8,10-11H,9H2,1-4H3. The molecule has 0 saturated carbocycles. The molecule has 0 nitrogen and oxygen atoms in total. The molecule has 0 bridgehead atoms. The zero-order chi connectivity index (χ0) is 47.0. The summed E-state index contributed by atoms with van der Waals surface area (Å²) in [5.41, 5.74) is 12.1. The van der Waals surface area contributed by atoms with E-state index in [4.69, 9.17) is 0 Å². The number of unbranched alkanes of at least 4 members (excludes halogenated alkanes) is 3. The number of benzene rings is 4. The molecule has 0 radical (unpaired) electrons. The van der Waals surface area contributed by atoms with Crippen LogP contribution in [0.25, 0.3) is 0 Å². The molecule has 0 heteroatoms. The van der Waals surface area contributed by atoms with Crippen molar-refractivity contribution in [2.45, 2.75) is 213 Å². The third-order valence-corrected chi connectivity index (χ3v) is 13.1. The van der Waals surface area contributed by atoms with Gasteiger partial charge in [0, 0.05) is 0 Å². The summed E-state index contributed by atoms with van der Waals surface area (Å²) in [6.07, 6.45) is 11.8. The monoisotopic (exact) mass is 845 g/mol. The van der Waals surface area contributed by atoms with E-state index in [1.54, 1.807) is 0 Å². The summed E-state index contributed by atoms with van der Waals surface area (Å²) < 4.78 is 0. The van der Waals surface area contributed by atoms with Gasteiger partial charge in [0.25, 0.3) is 0 Å². The van der Waals surface area contributed by atoms with Gasteiger partial charge in [0.2, 0.25) is 0 Å². The van der Waals surface area contributed by atoms with E-state index in [9.17, 15) is 0 Å². The fourth-order valence-electron chi connectivity index (χ4n) is 7.29. The predicted molar refractivity (Wildman–Crippen MR) is 282 cm³/mol. The van der Waals surface area contributed by atoms with Crippen LogP contribution in [0, 0.1) is 35.0 Å². The Kier molecular flexibility index (Phi) is 27.6. The zero-order valence-corrected chi connectivity index (χ0v) is 44.3. The van der Waals surface area contributed by atoms with Gasteiger partial charge in [0.15, 0.2) is 0 Å². The quantitative estimate of drug-likeness (QED) is 0.0825. The van der Waals surface area contributed by atoms with Crippen molar-refractivity contribution in [3.63, 3.8) is 0 Å². The molecule has 0 aromatic heterocycles. The first-order valence-corrected chi connectivity index (χ1v) is 25.4. The highest BCUT2D eigenvalue weighted by molar-refractivity contribution is 5.28. The summed E-state index contributed by atoms with van der Waals surface area (Å²) in [5, 5.41) is 0. The van der Waals surface area contributed by atoms with E-state index in [1.165, 1.54) is 102 Å². The highest BCUT2D eigenvalue weighted by atomic mass is 14.3. The van der Waals surface area contributed by atoms with Gasteiger partial charge >= 0.3 is 0 Å². The minimum Gasteiger partial charge on any atom is -0.0628 e. The number of aryl methyl sites for hydroxylation is 1. The lowest BCUT2D eigenvalue weighted by Crippen LogP contribution is -2.22. The minimum atomic E-state index is 0.385. The maximum Gasteiger partial charge on any atom is -0.0219 e. The Morgan fingerprint density at radius 2 is 0.823 bits per heavy atom. The normalized spacial score (nSPS) is 12.2. The predicted octanol–water partition coefficient (Wildman–Crippen LogP) is 19.6. The molecule has 0 aliphatic rings. The van der Waals surface area contributed by atoms with Gasteiger partial charge in [-0.25, -0.2) is 0 Å². The van der Waals surface area contributed by atoms with Crippen molar-refractivity contribution in [1.82, 2.24) is 0 Å². The fraction of sp³-hybridized carbons (Fsp3) is 0.613. The van der Waals surface area contributed by atoms with Gasteiger partial charge < -0.3 is 0 Å². The van der Waals surface area contributed by atoms with E-state index < -0.39 is 0 Å². The molecule has 0 saturated heterocycles. The fourth-order valence-corrected chi connectivity index (χ4v) is 7.29. The minimum absolute atomic E-state index is 0.385.